The standard InChI is InChI=1S/C8H16N2O2/c1-3-6(2)12-7-4-8(11)10-9-5-7/h6-7,9H,3-5H2,1-2H3,(H,10,11). The summed E-state index contributed by atoms with van der Waals surface area (Å²) >= 11 is 0. The van der Waals surface area contributed by atoms with Crippen molar-refractivity contribution in [2.45, 2.75) is 38.9 Å². The van der Waals surface area contributed by atoms with E-state index in [0.717, 1.165) is 6.42 Å². The first-order chi connectivity index (χ1) is 5.72. The van der Waals surface area contributed by atoms with Crippen LogP contribution in [0.3, 0.4) is 0 Å². The van der Waals surface area contributed by atoms with Gasteiger partial charge in [-0.2, -0.15) is 0 Å². The summed E-state index contributed by atoms with van der Waals surface area (Å²) in [6, 6.07) is 0. The Morgan fingerprint density at radius 2 is 2.50 bits per heavy atom. The van der Waals surface area contributed by atoms with Gasteiger partial charge in [0, 0.05) is 6.54 Å². The number of rotatable bonds is 3. The largest absolute Gasteiger partial charge is 0.373 e. The highest BCUT2D eigenvalue weighted by molar-refractivity contribution is 5.76. The zero-order chi connectivity index (χ0) is 8.97. The van der Waals surface area contributed by atoms with Gasteiger partial charge < -0.3 is 4.74 Å². The van der Waals surface area contributed by atoms with Crippen molar-refractivity contribution >= 4 is 5.91 Å². The Kier molecular flexibility index (Phi) is 3.49. The maximum absolute atomic E-state index is 10.9. The van der Waals surface area contributed by atoms with Crippen molar-refractivity contribution in [2.75, 3.05) is 6.54 Å². The van der Waals surface area contributed by atoms with Gasteiger partial charge in [-0.3, -0.25) is 10.2 Å². The van der Waals surface area contributed by atoms with E-state index in [2.05, 4.69) is 17.8 Å². The fourth-order valence-electron chi connectivity index (χ4n) is 1.11. The lowest BCUT2D eigenvalue weighted by molar-refractivity contribution is -0.129. The van der Waals surface area contributed by atoms with E-state index >= 15 is 0 Å². The van der Waals surface area contributed by atoms with Crippen LogP contribution in [0.2, 0.25) is 0 Å². The van der Waals surface area contributed by atoms with E-state index < -0.39 is 0 Å². The fraction of sp³-hybridized carbons (Fsp3) is 0.875. The van der Waals surface area contributed by atoms with Crippen LogP contribution in [0.4, 0.5) is 0 Å². The number of carbonyl (C=O) groups is 1. The Morgan fingerprint density at radius 1 is 1.75 bits per heavy atom. The van der Waals surface area contributed by atoms with E-state index in [9.17, 15) is 4.79 Å². The van der Waals surface area contributed by atoms with Crippen LogP contribution in [0.15, 0.2) is 0 Å². The molecule has 70 valence electrons. The topological polar surface area (TPSA) is 50.4 Å². The zero-order valence-electron chi connectivity index (χ0n) is 7.59. The number of hydrazine groups is 1. The molecule has 0 bridgehead atoms. The molecule has 0 saturated carbocycles. The van der Waals surface area contributed by atoms with Crippen LogP contribution in [0, 0.1) is 0 Å². The smallest absolute Gasteiger partial charge is 0.236 e. The van der Waals surface area contributed by atoms with Crippen LogP contribution in [0.25, 0.3) is 0 Å². The van der Waals surface area contributed by atoms with Crippen LogP contribution < -0.4 is 10.9 Å². The second-order valence-corrected chi connectivity index (χ2v) is 3.11. The van der Waals surface area contributed by atoms with Gasteiger partial charge >= 0.3 is 0 Å². The molecule has 0 aromatic heterocycles. The molecule has 2 atom stereocenters. The predicted octanol–water partition coefficient (Wildman–Crippen LogP) is 0.195. The number of carbonyl (C=O) groups excluding carboxylic acids is 1. The number of hydrogen-bond acceptors (Lipinski definition) is 3. The monoisotopic (exact) mass is 172 g/mol. The molecule has 0 spiro atoms. The summed E-state index contributed by atoms with van der Waals surface area (Å²) in [6.07, 6.45) is 1.73. The third-order valence-corrected chi connectivity index (χ3v) is 1.97. The predicted molar refractivity (Wildman–Crippen MR) is 45.4 cm³/mol. The van der Waals surface area contributed by atoms with Gasteiger partial charge in [-0.25, -0.2) is 5.43 Å². The maximum Gasteiger partial charge on any atom is 0.236 e. The molecule has 2 N–H and O–H groups in total. The van der Waals surface area contributed by atoms with Crippen molar-refractivity contribution < 1.29 is 9.53 Å². The molecule has 4 nitrogen and oxygen atoms in total. The minimum atomic E-state index is 0.00885. The van der Waals surface area contributed by atoms with E-state index in [1.54, 1.807) is 0 Å². The number of nitrogens with one attached hydrogen (secondary N) is 2. The van der Waals surface area contributed by atoms with Crippen molar-refractivity contribution in [3.05, 3.63) is 0 Å². The second kappa shape index (κ2) is 4.42. The summed E-state index contributed by atoms with van der Waals surface area (Å²) in [5, 5.41) is 0. The van der Waals surface area contributed by atoms with Gasteiger partial charge in [0.1, 0.15) is 0 Å². The molecule has 4 heteroatoms. The summed E-state index contributed by atoms with van der Waals surface area (Å²) < 4.78 is 5.59. The summed E-state index contributed by atoms with van der Waals surface area (Å²) in [5.74, 6) is 0.00885. The SMILES string of the molecule is CCC(C)OC1CNNC(=O)C1. The highest BCUT2D eigenvalue weighted by Gasteiger charge is 2.20. The lowest BCUT2D eigenvalue weighted by atomic mass is 10.2. The van der Waals surface area contributed by atoms with E-state index in [1.807, 2.05) is 6.92 Å². The molecule has 1 amide bonds. The molecule has 2 unspecified atom stereocenters. The average molecular weight is 172 g/mol. The van der Waals surface area contributed by atoms with Crippen LogP contribution >= 0.6 is 0 Å². The van der Waals surface area contributed by atoms with Gasteiger partial charge in [0.05, 0.1) is 18.6 Å². The van der Waals surface area contributed by atoms with Crippen molar-refractivity contribution in [2.24, 2.45) is 0 Å². The first-order valence-corrected chi connectivity index (χ1v) is 4.39. The summed E-state index contributed by atoms with van der Waals surface area (Å²) in [6.45, 7) is 4.80. The molecule has 0 aromatic rings. The third kappa shape index (κ3) is 2.79. The second-order valence-electron chi connectivity index (χ2n) is 3.11. The van der Waals surface area contributed by atoms with Crippen LogP contribution in [-0.4, -0.2) is 24.7 Å². The quantitative estimate of drug-likeness (QED) is 0.639. The molecule has 0 aliphatic carbocycles. The Labute approximate surface area is 72.6 Å². The van der Waals surface area contributed by atoms with Crippen molar-refractivity contribution in [3.8, 4) is 0 Å². The van der Waals surface area contributed by atoms with Gasteiger partial charge in [0.2, 0.25) is 5.91 Å². The molecule has 1 rings (SSSR count). The number of ether oxygens (including phenoxy) is 1. The first-order valence-electron chi connectivity index (χ1n) is 4.39. The first kappa shape index (κ1) is 9.48. The Bertz CT molecular complexity index is 161. The lowest BCUT2D eigenvalue weighted by Gasteiger charge is -2.25. The summed E-state index contributed by atoms with van der Waals surface area (Å²) in [4.78, 5) is 10.9. The van der Waals surface area contributed by atoms with Gasteiger partial charge in [-0.1, -0.05) is 6.92 Å². The molecule has 0 radical (unpaired) electrons. The van der Waals surface area contributed by atoms with E-state index in [1.165, 1.54) is 0 Å². The highest BCUT2D eigenvalue weighted by atomic mass is 16.5. The Hall–Kier alpha value is -0.610. The minimum absolute atomic E-state index is 0.00885. The number of hydrogen-bond donors (Lipinski definition) is 2. The fourth-order valence-corrected chi connectivity index (χ4v) is 1.11. The third-order valence-electron chi connectivity index (χ3n) is 1.97. The van der Waals surface area contributed by atoms with E-state index in [-0.39, 0.29) is 18.1 Å². The van der Waals surface area contributed by atoms with Crippen molar-refractivity contribution in [3.63, 3.8) is 0 Å². The normalized spacial score (nSPS) is 26.5. The van der Waals surface area contributed by atoms with Crippen molar-refractivity contribution in [1.82, 2.24) is 10.9 Å². The van der Waals surface area contributed by atoms with Crippen LogP contribution in [-0.2, 0) is 9.53 Å². The average Bonchev–Trinajstić information content (AvgIpc) is 2.04. The molecule has 1 saturated heterocycles. The molecule has 1 aliphatic rings. The minimum Gasteiger partial charge on any atom is -0.373 e. The number of amides is 1. The van der Waals surface area contributed by atoms with E-state index in [0.29, 0.717) is 13.0 Å². The molecular formula is C8H16N2O2. The highest BCUT2D eigenvalue weighted by Crippen LogP contribution is 2.06. The van der Waals surface area contributed by atoms with Gasteiger partial charge in [0.25, 0.3) is 0 Å². The Morgan fingerprint density at radius 3 is 3.08 bits per heavy atom. The zero-order valence-corrected chi connectivity index (χ0v) is 7.59. The molecule has 0 aromatic carbocycles. The molecule has 1 heterocycles. The van der Waals surface area contributed by atoms with Crippen LogP contribution in [0.1, 0.15) is 26.7 Å². The van der Waals surface area contributed by atoms with Gasteiger partial charge in [0.15, 0.2) is 0 Å². The maximum atomic E-state index is 10.9. The summed E-state index contributed by atoms with van der Waals surface area (Å²) in [7, 11) is 0. The molecular weight excluding hydrogens is 156 g/mol. The molecule has 12 heavy (non-hydrogen) atoms. The van der Waals surface area contributed by atoms with Crippen molar-refractivity contribution in [1.29, 1.82) is 0 Å². The summed E-state index contributed by atoms with van der Waals surface area (Å²) in [5.41, 5.74) is 5.32. The molecule has 1 fully saturated rings. The van der Waals surface area contributed by atoms with E-state index in [4.69, 9.17) is 4.74 Å². The van der Waals surface area contributed by atoms with Gasteiger partial charge in [-0.05, 0) is 13.3 Å². The molecule has 1 aliphatic heterocycles. The van der Waals surface area contributed by atoms with Crippen LogP contribution in [0.5, 0.6) is 0 Å². The Balaban J connectivity index is 2.27. The van der Waals surface area contributed by atoms with Gasteiger partial charge in [-0.15, -0.1) is 0 Å². The lowest BCUT2D eigenvalue weighted by Crippen LogP contribution is -2.50.